The molecule has 2 nitrogen and oxygen atoms in total. The van der Waals surface area contributed by atoms with Gasteiger partial charge >= 0.3 is 0 Å². The number of hydrogen-bond donors (Lipinski definition) is 1. The van der Waals surface area contributed by atoms with Gasteiger partial charge in [0.1, 0.15) is 0 Å². The van der Waals surface area contributed by atoms with Crippen molar-refractivity contribution in [1.82, 2.24) is 4.90 Å². The van der Waals surface area contributed by atoms with Gasteiger partial charge in [-0.3, -0.25) is 4.90 Å². The summed E-state index contributed by atoms with van der Waals surface area (Å²) < 4.78 is 0. The number of nitrogens with zero attached hydrogens (tertiary/aromatic N) is 1. The standard InChI is InChI=1S/C10H22N2/c1-4-5-9(6-11)12-7-10(2,3)8-12/h9H,4-8,11H2,1-3H3. The van der Waals surface area contributed by atoms with E-state index >= 15 is 0 Å². The minimum atomic E-state index is 0.543. The Morgan fingerprint density at radius 1 is 1.42 bits per heavy atom. The molecule has 0 radical (unpaired) electrons. The molecule has 1 heterocycles. The second-order valence-corrected chi connectivity index (χ2v) is 4.75. The minimum Gasteiger partial charge on any atom is -0.329 e. The van der Waals surface area contributed by atoms with Crippen molar-refractivity contribution in [2.24, 2.45) is 11.1 Å². The quantitative estimate of drug-likeness (QED) is 0.692. The first-order valence-corrected chi connectivity index (χ1v) is 5.03. The van der Waals surface area contributed by atoms with Crippen molar-refractivity contribution in [3.63, 3.8) is 0 Å². The largest absolute Gasteiger partial charge is 0.329 e. The fourth-order valence-corrected chi connectivity index (χ4v) is 2.09. The third-order valence-corrected chi connectivity index (χ3v) is 2.67. The average molecular weight is 170 g/mol. The third kappa shape index (κ3) is 2.20. The first-order chi connectivity index (χ1) is 5.59. The van der Waals surface area contributed by atoms with E-state index < -0.39 is 0 Å². The van der Waals surface area contributed by atoms with Crippen molar-refractivity contribution in [2.45, 2.75) is 39.7 Å². The van der Waals surface area contributed by atoms with Gasteiger partial charge in [0, 0.05) is 25.7 Å². The highest BCUT2D eigenvalue weighted by Crippen LogP contribution is 2.31. The van der Waals surface area contributed by atoms with Gasteiger partial charge in [-0.15, -0.1) is 0 Å². The molecule has 0 spiro atoms. The van der Waals surface area contributed by atoms with Crippen molar-refractivity contribution in [2.75, 3.05) is 19.6 Å². The summed E-state index contributed by atoms with van der Waals surface area (Å²) in [5.74, 6) is 0. The Hall–Kier alpha value is -0.0800. The van der Waals surface area contributed by atoms with Gasteiger partial charge in [0.15, 0.2) is 0 Å². The lowest BCUT2D eigenvalue weighted by atomic mass is 9.82. The van der Waals surface area contributed by atoms with Crippen molar-refractivity contribution < 1.29 is 0 Å². The van der Waals surface area contributed by atoms with Gasteiger partial charge < -0.3 is 5.73 Å². The summed E-state index contributed by atoms with van der Waals surface area (Å²) in [6, 6.07) is 0.642. The predicted octanol–water partition coefficient (Wildman–Crippen LogP) is 1.46. The van der Waals surface area contributed by atoms with Crippen LogP contribution in [0.3, 0.4) is 0 Å². The summed E-state index contributed by atoms with van der Waals surface area (Å²) in [7, 11) is 0. The molecule has 1 saturated heterocycles. The summed E-state index contributed by atoms with van der Waals surface area (Å²) in [6.07, 6.45) is 2.51. The Balaban J connectivity index is 2.29. The monoisotopic (exact) mass is 170 g/mol. The molecule has 0 bridgehead atoms. The van der Waals surface area contributed by atoms with Gasteiger partial charge in [0.05, 0.1) is 0 Å². The molecule has 2 heteroatoms. The van der Waals surface area contributed by atoms with Gasteiger partial charge in [0.2, 0.25) is 0 Å². The van der Waals surface area contributed by atoms with Gasteiger partial charge in [-0.1, -0.05) is 27.2 Å². The number of rotatable bonds is 4. The van der Waals surface area contributed by atoms with E-state index in [9.17, 15) is 0 Å². The molecule has 0 aromatic carbocycles. The number of nitrogens with two attached hydrogens (primary N) is 1. The average Bonchev–Trinajstić information content (AvgIpc) is 1.95. The second kappa shape index (κ2) is 3.75. The highest BCUT2D eigenvalue weighted by molar-refractivity contribution is 4.91. The smallest absolute Gasteiger partial charge is 0.0218 e. The molecule has 1 aliphatic heterocycles. The zero-order valence-corrected chi connectivity index (χ0v) is 8.64. The van der Waals surface area contributed by atoms with E-state index in [1.807, 2.05) is 0 Å². The zero-order chi connectivity index (χ0) is 9.19. The number of hydrogen-bond acceptors (Lipinski definition) is 2. The Bertz CT molecular complexity index is 135. The molecule has 2 N–H and O–H groups in total. The van der Waals surface area contributed by atoms with Crippen molar-refractivity contribution in [1.29, 1.82) is 0 Å². The molecule has 1 unspecified atom stereocenters. The lowest BCUT2D eigenvalue weighted by Crippen LogP contribution is -2.58. The van der Waals surface area contributed by atoms with E-state index in [4.69, 9.17) is 5.73 Å². The molecule has 0 aromatic rings. The van der Waals surface area contributed by atoms with Gasteiger partial charge in [-0.25, -0.2) is 0 Å². The molecule has 1 fully saturated rings. The molecule has 1 aliphatic rings. The van der Waals surface area contributed by atoms with E-state index in [2.05, 4.69) is 25.7 Å². The van der Waals surface area contributed by atoms with Crippen LogP contribution in [0.25, 0.3) is 0 Å². The van der Waals surface area contributed by atoms with Crippen LogP contribution in [0, 0.1) is 5.41 Å². The normalized spacial score (nSPS) is 25.0. The molecule has 72 valence electrons. The van der Waals surface area contributed by atoms with E-state index in [1.54, 1.807) is 0 Å². The molecule has 1 atom stereocenters. The third-order valence-electron chi connectivity index (χ3n) is 2.67. The van der Waals surface area contributed by atoms with Crippen molar-refractivity contribution >= 4 is 0 Å². The van der Waals surface area contributed by atoms with Crippen LogP contribution in [0.2, 0.25) is 0 Å². The fraction of sp³-hybridized carbons (Fsp3) is 1.00. The maximum Gasteiger partial charge on any atom is 0.0218 e. The van der Waals surface area contributed by atoms with Crippen LogP contribution < -0.4 is 5.73 Å². The van der Waals surface area contributed by atoms with Crippen LogP contribution in [0.1, 0.15) is 33.6 Å². The second-order valence-electron chi connectivity index (χ2n) is 4.75. The summed E-state index contributed by atoms with van der Waals surface area (Å²) in [5, 5.41) is 0. The van der Waals surface area contributed by atoms with Crippen LogP contribution >= 0.6 is 0 Å². The van der Waals surface area contributed by atoms with Crippen molar-refractivity contribution in [3.05, 3.63) is 0 Å². The predicted molar refractivity (Wildman–Crippen MR) is 53.1 cm³/mol. The lowest BCUT2D eigenvalue weighted by molar-refractivity contribution is -0.00591. The van der Waals surface area contributed by atoms with Crippen LogP contribution in [0.15, 0.2) is 0 Å². The van der Waals surface area contributed by atoms with Crippen LogP contribution in [-0.4, -0.2) is 30.6 Å². The maximum atomic E-state index is 5.72. The SMILES string of the molecule is CCCC(CN)N1CC(C)(C)C1. The van der Waals surface area contributed by atoms with Crippen molar-refractivity contribution in [3.8, 4) is 0 Å². The topological polar surface area (TPSA) is 29.3 Å². The summed E-state index contributed by atoms with van der Waals surface area (Å²) in [6.45, 7) is 10.2. The van der Waals surface area contributed by atoms with E-state index in [0.29, 0.717) is 11.5 Å². The molecule has 0 amide bonds. The molecule has 0 aromatic heterocycles. The van der Waals surface area contributed by atoms with Crippen LogP contribution in [0.4, 0.5) is 0 Å². The lowest BCUT2D eigenvalue weighted by Gasteiger charge is -2.49. The van der Waals surface area contributed by atoms with E-state index in [-0.39, 0.29) is 0 Å². The molecular weight excluding hydrogens is 148 g/mol. The number of likely N-dealkylation sites (tertiary alicyclic amines) is 1. The first-order valence-electron chi connectivity index (χ1n) is 5.03. The van der Waals surface area contributed by atoms with E-state index in [0.717, 1.165) is 6.54 Å². The Morgan fingerprint density at radius 3 is 2.33 bits per heavy atom. The molecule has 0 aliphatic carbocycles. The Morgan fingerprint density at radius 2 is 2.00 bits per heavy atom. The zero-order valence-electron chi connectivity index (χ0n) is 8.64. The highest BCUT2D eigenvalue weighted by Gasteiger charge is 2.36. The Kier molecular flexibility index (Phi) is 3.13. The minimum absolute atomic E-state index is 0.543. The van der Waals surface area contributed by atoms with E-state index in [1.165, 1.54) is 25.9 Å². The molecule has 0 saturated carbocycles. The molecule has 1 rings (SSSR count). The maximum absolute atomic E-state index is 5.72. The fourth-order valence-electron chi connectivity index (χ4n) is 2.09. The Labute approximate surface area is 76.1 Å². The highest BCUT2D eigenvalue weighted by atomic mass is 15.2. The molecule has 12 heavy (non-hydrogen) atoms. The summed E-state index contributed by atoms with van der Waals surface area (Å²) in [5.41, 5.74) is 6.26. The van der Waals surface area contributed by atoms with Crippen LogP contribution in [-0.2, 0) is 0 Å². The van der Waals surface area contributed by atoms with Crippen LogP contribution in [0.5, 0.6) is 0 Å². The summed E-state index contributed by atoms with van der Waals surface area (Å²) >= 11 is 0. The first kappa shape index (κ1) is 10.0. The van der Waals surface area contributed by atoms with Gasteiger partial charge in [0.25, 0.3) is 0 Å². The summed E-state index contributed by atoms with van der Waals surface area (Å²) in [4.78, 5) is 2.52. The molecular formula is C10H22N2. The van der Waals surface area contributed by atoms with Gasteiger partial charge in [-0.2, -0.15) is 0 Å². The van der Waals surface area contributed by atoms with Gasteiger partial charge in [-0.05, 0) is 11.8 Å².